The van der Waals surface area contributed by atoms with Crippen LogP contribution in [0, 0.1) is 11.6 Å². The molecule has 138 valence electrons. The van der Waals surface area contributed by atoms with Crippen molar-refractivity contribution in [3.8, 4) is 11.3 Å². The van der Waals surface area contributed by atoms with Gasteiger partial charge in [0.1, 0.15) is 11.6 Å². The molecule has 1 aliphatic heterocycles. The zero-order chi connectivity index (χ0) is 18.6. The molecule has 0 unspecified atom stereocenters. The van der Waals surface area contributed by atoms with Crippen molar-refractivity contribution in [2.24, 2.45) is 0 Å². The van der Waals surface area contributed by atoms with E-state index >= 15 is 0 Å². The van der Waals surface area contributed by atoms with E-state index < -0.39 is 0 Å². The Morgan fingerprint density at radius 2 is 1.56 bits per heavy atom. The van der Waals surface area contributed by atoms with E-state index in [2.05, 4.69) is 14.9 Å². The Balaban J connectivity index is 1.54. The van der Waals surface area contributed by atoms with Gasteiger partial charge in [0.2, 0.25) is 0 Å². The Hall–Kier alpha value is -2.66. The highest BCUT2D eigenvalue weighted by atomic mass is 19.1. The molecule has 1 saturated heterocycles. The summed E-state index contributed by atoms with van der Waals surface area (Å²) in [5.74, 6) is -0.195. The molecule has 2 heterocycles. The first-order chi connectivity index (χ1) is 13.2. The fourth-order valence-electron chi connectivity index (χ4n) is 3.75. The van der Waals surface area contributed by atoms with Gasteiger partial charge in [0.05, 0.1) is 11.4 Å². The van der Waals surface area contributed by atoms with Crippen molar-refractivity contribution in [2.45, 2.75) is 25.3 Å². The second kappa shape index (κ2) is 7.92. The van der Waals surface area contributed by atoms with Crippen molar-refractivity contribution in [2.75, 3.05) is 13.1 Å². The summed E-state index contributed by atoms with van der Waals surface area (Å²) in [5.41, 5.74) is 3.78. The molecule has 5 heteroatoms. The van der Waals surface area contributed by atoms with Gasteiger partial charge in [-0.15, -0.1) is 0 Å². The van der Waals surface area contributed by atoms with E-state index in [9.17, 15) is 8.78 Å². The fraction of sp³-hybridized carbons (Fsp3) is 0.273. The van der Waals surface area contributed by atoms with Crippen LogP contribution in [0.25, 0.3) is 11.3 Å². The van der Waals surface area contributed by atoms with Gasteiger partial charge in [-0.3, -0.25) is 14.9 Å². The largest absolute Gasteiger partial charge is 0.298 e. The van der Waals surface area contributed by atoms with Gasteiger partial charge in [-0.2, -0.15) is 0 Å². The lowest BCUT2D eigenvalue weighted by atomic mass is 9.91. The van der Waals surface area contributed by atoms with Gasteiger partial charge in [-0.1, -0.05) is 12.1 Å². The molecule has 1 atom stereocenters. The number of rotatable bonds is 4. The average Bonchev–Trinajstić information content (AvgIpc) is 2.71. The maximum Gasteiger partial charge on any atom is 0.123 e. The maximum atomic E-state index is 13.3. The number of benzene rings is 2. The maximum absolute atomic E-state index is 13.3. The summed E-state index contributed by atoms with van der Waals surface area (Å²) < 4.78 is 26.4. The van der Waals surface area contributed by atoms with Crippen LogP contribution in [-0.2, 0) is 6.54 Å². The first kappa shape index (κ1) is 17.7. The molecule has 4 rings (SSSR count). The Morgan fingerprint density at radius 1 is 0.889 bits per heavy atom. The number of hydrogen-bond donors (Lipinski definition) is 0. The minimum absolute atomic E-state index is 0.209. The minimum atomic E-state index is -0.257. The molecule has 27 heavy (non-hydrogen) atoms. The molecule has 0 radical (unpaired) electrons. The third-order valence-corrected chi connectivity index (χ3v) is 5.06. The topological polar surface area (TPSA) is 29.0 Å². The van der Waals surface area contributed by atoms with E-state index in [1.165, 1.54) is 24.3 Å². The smallest absolute Gasteiger partial charge is 0.123 e. The van der Waals surface area contributed by atoms with Crippen molar-refractivity contribution >= 4 is 0 Å². The summed E-state index contributed by atoms with van der Waals surface area (Å²) >= 11 is 0. The van der Waals surface area contributed by atoms with Gasteiger partial charge in [0.25, 0.3) is 0 Å². The van der Waals surface area contributed by atoms with E-state index in [-0.39, 0.29) is 17.6 Å². The first-order valence-corrected chi connectivity index (χ1v) is 9.23. The highest BCUT2D eigenvalue weighted by molar-refractivity contribution is 5.62. The van der Waals surface area contributed by atoms with E-state index in [0.717, 1.165) is 55.0 Å². The molecule has 2 aromatic carbocycles. The third kappa shape index (κ3) is 4.19. The van der Waals surface area contributed by atoms with Crippen LogP contribution < -0.4 is 0 Å². The van der Waals surface area contributed by atoms with E-state index in [1.54, 1.807) is 24.5 Å². The SMILES string of the molecule is Fc1ccc(CN2CCC[C@H](c3nccnc3-c3ccc(F)cc3)C2)cc1. The Morgan fingerprint density at radius 3 is 2.30 bits per heavy atom. The van der Waals surface area contributed by atoms with Crippen molar-refractivity contribution in [3.63, 3.8) is 0 Å². The van der Waals surface area contributed by atoms with Crippen LogP contribution in [0.15, 0.2) is 60.9 Å². The van der Waals surface area contributed by atoms with Crippen molar-refractivity contribution in [3.05, 3.63) is 83.8 Å². The summed E-state index contributed by atoms with van der Waals surface area (Å²) in [6, 6.07) is 13.1. The first-order valence-electron chi connectivity index (χ1n) is 9.23. The van der Waals surface area contributed by atoms with Crippen LogP contribution in [0.5, 0.6) is 0 Å². The van der Waals surface area contributed by atoms with Crippen molar-refractivity contribution < 1.29 is 8.78 Å². The number of likely N-dealkylation sites (tertiary alicyclic amines) is 1. The molecular formula is C22H21F2N3. The fourth-order valence-corrected chi connectivity index (χ4v) is 3.75. The standard InChI is InChI=1S/C22H21F2N3/c23-19-7-3-16(4-8-19)14-27-13-1-2-18(15-27)22-21(25-11-12-26-22)17-5-9-20(24)10-6-17/h3-12,18H,1-2,13-15H2/t18-/m0/s1. The number of piperidine rings is 1. The van der Waals surface area contributed by atoms with E-state index in [1.807, 2.05) is 12.1 Å². The molecule has 3 nitrogen and oxygen atoms in total. The van der Waals surface area contributed by atoms with Gasteiger partial charge < -0.3 is 0 Å². The Kier molecular flexibility index (Phi) is 5.21. The molecule has 0 N–H and O–H groups in total. The molecule has 0 bridgehead atoms. The molecule has 0 spiro atoms. The van der Waals surface area contributed by atoms with E-state index in [0.29, 0.717) is 0 Å². The number of halogens is 2. The summed E-state index contributed by atoms with van der Waals surface area (Å²) in [5, 5.41) is 0. The lowest BCUT2D eigenvalue weighted by Crippen LogP contribution is -2.34. The average molecular weight is 365 g/mol. The van der Waals surface area contributed by atoms with Crippen LogP contribution in [0.3, 0.4) is 0 Å². The number of hydrogen-bond acceptors (Lipinski definition) is 3. The molecule has 0 amide bonds. The molecule has 0 aliphatic carbocycles. The summed E-state index contributed by atoms with van der Waals surface area (Å²) in [4.78, 5) is 11.5. The highest BCUT2D eigenvalue weighted by Crippen LogP contribution is 2.32. The van der Waals surface area contributed by atoms with Gasteiger partial charge in [-0.05, 0) is 61.3 Å². The predicted octanol–water partition coefficient (Wildman–Crippen LogP) is 4.80. The predicted molar refractivity (Wildman–Crippen MR) is 101 cm³/mol. The van der Waals surface area contributed by atoms with Crippen molar-refractivity contribution in [1.29, 1.82) is 0 Å². The molecule has 1 fully saturated rings. The second-order valence-corrected chi connectivity index (χ2v) is 7.00. The number of nitrogens with zero attached hydrogens (tertiary/aromatic N) is 3. The van der Waals surface area contributed by atoms with Crippen molar-refractivity contribution in [1.82, 2.24) is 14.9 Å². The second-order valence-electron chi connectivity index (χ2n) is 7.00. The third-order valence-electron chi connectivity index (χ3n) is 5.06. The molecular weight excluding hydrogens is 344 g/mol. The van der Waals surface area contributed by atoms with Crippen LogP contribution in [0.4, 0.5) is 8.78 Å². The normalized spacial score (nSPS) is 17.8. The zero-order valence-electron chi connectivity index (χ0n) is 15.0. The van der Waals surface area contributed by atoms with Crippen LogP contribution in [-0.4, -0.2) is 28.0 Å². The van der Waals surface area contributed by atoms with Gasteiger partial charge in [-0.25, -0.2) is 8.78 Å². The molecule has 3 aromatic rings. The Labute approximate surface area is 157 Å². The lowest BCUT2D eigenvalue weighted by molar-refractivity contribution is 0.198. The van der Waals surface area contributed by atoms with Crippen LogP contribution in [0.2, 0.25) is 0 Å². The quantitative estimate of drug-likeness (QED) is 0.665. The van der Waals surface area contributed by atoms with Crippen LogP contribution >= 0.6 is 0 Å². The van der Waals surface area contributed by atoms with Gasteiger partial charge in [0, 0.05) is 37.0 Å². The minimum Gasteiger partial charge on any atom is -0.298 e. The molecule has 1 aromatic heterocycles. The van der Waals surface area contributed by atoms with Crippen LogP contribution in [0.1, 0.15) is 30.0 Å². The van der Waals surface area contributed by atoms with E-state index in [4.69, 9.17) is 0 Å². The zero-order valence-corrected chi connectivity index (χ0v) is 15.0. The number of aromatic nitrogens is 2. The van der Waals surface area contributed by atoms with Gasteiger partial charge in [0.15, 0.2) is 0 Å². The lowest BCUT2D eigenvalue weighted by Gasteiger charge is -2.33. The highest BCUT2D eigenvalue weighted by Gasteiger charge is 2.25. The summed E-state index contributed by atoms with van der Waals surface area (Å²) in [6.07, 6.45) is 5.53. The van der Waals surface area contributed by atoms with Gasteiger partial charge >= 0.3 is 0 Å². The molecule has 1 aliphatic rings. The summed E-state index contributed by atoms with van der Waals surface area (Å²) in [6.45, 7) is 2.69. The Bertz CT molecular complexity index is 894. The monoisotopic (exact) mass is 365 g/mol. The molecule has 0 saturated carbocycles. The summed E-state index contributed by atoms with van der Waals surface area (Å²) in [7, 11) is 0.